The Morgan fingerprint density at radius 2 is 1.73 bits per heavy atom. The quantitative estimate of drug-likeness (QED) is 0.246. The van der Waals surface area contributed by atoms with E-state index in [9.17, 15) is 24.3 Å². The van der Waals surface area contributed by atoms with Crippen LogP contribution in [-0.2, 0) is 40.8 Å². The van der Waals surface area contributed by atoms with E-state index < -0.39 is 12.2 Å². The first-order chi connectivity index (χ1) is 26.7. The van der Waals surface area contributed by atoms with Gasteiger partial charge in [-0.05, 0) is 54.6 Å². The Balaban J connectivity index is 1.12. The summed E-state index contributed by atoms with van der Waals surface area (Å²) in [4.78, 5) is 65.0. The number of phenolic OH excluding ortho intramolecular Hbond substituents is 1. The number of rotatable bonds is 10. The van der Waals surface area contributed by atoms with Gasteiger partial charge in [0.05, 0.1) is 24.2 Å². The second-order valence-corrected chi connectivity index (χ2v) is 15.3. The first-order valence-electron chi connectivity index (χ1n) is 19.4. The molecule has 0 radical (unpaired) electrons. The van der Waals surface area contributed by atoms with Crippen LogP contribution < -0.4 is 0 Å². The van der Waals surface area contributed by atoms with E-state index in [0.29, 0.717) is 31.1 Å². The minimum atomic E-state index is -0.884. The SMILES string of the molecule is C=CCN1CC(=O)N2[C@@H](Cc3ccc(O)cc3)C(=O)N(Cc3cccc4c(C(=O)N5CCN6CCCC6C5)cn(C)c34)C[C@@H]2N1C(=O)CCc1ccccc1. The number of carbonyl (C=O) groups excluding carboxylic acids is 4. The molecule has 3 aromatic carbocycles. The molecule has 0 bridgehead atoms. The van der Waals surface area contributed by atoms with Gasteiger partial charge in [-0.1, -0.05) is 66.7 Å². The Morgan fingerprint density at radius 3 is 2.51 bits per heavy atom. The molecule has 4 aliphatic rings. The van der Waals surface area contributed by atoms with Crippen molar-refractivity contribution in [2.24, 2.45) is 7.05 Å². The second-order valence-electron chi connectivity index (χ2n) is 15.3. The summed E-state index contributed by atoms with van der Waals surface area (Å²) < 4.78 is 1.98. The molecule has 1 N–H and O–H groups in total. The van der Waals surface area contributed by atoms with Crippen molar-refractivity contribution in [2.45, 2.75) is 56.9 Å². The van der Waals surface area contributed by atoms with E-state index in [4.69, 9.17) is 0 Å². The van der Waals surface area contributed by atoms with Crippen LogP contribution in [0.15, 0.2) is 91.6 Å². The van der Waals surface area contributed by atoms with Crippen molar-refractivity contribution in [3.8, 4) is 5.75 Å². The highest BCUT2D eigenvalue weighted by atomic mass is 16.3. The lowest BCUT2D eigenvalue weighted by Crippen LogP contribution is -2.75. The van der Waals surface area contributed by atoms with Gasteiger partial charge in [0.1, 0.15) is 18.0 Å². The number of aromatic nitrogens is 1. The average Bonchev–Trinajstić information content (AvgIpc) is 3.81. The third-order valence-electron chi connectivity index (χ3n) is 11.8. The molecule has 3 atom stereocenters. The maximum Gasteiger partial charge on any atom is 0.256 e. The average molecular weight is 744 g/mol. The van der Waals surface area contributed by atoms with Crippen molar-refractivity contribution in [3.05, 3.63) is 114 Å². The van der Waals surface area contributed by atoms with E-state index in [0.717, 1.165) is 53.6 Å². The zero-order valence-electron chi connectivity index (χ0n) is 31.4. The number of amides is 4. The van der Waals surface area contributed by atoms with Crippen molar-refractivity contribution >= 4 is 34.5 Å². The molecule has 286 valence electrons. The van der Waals surface area contributed by atoms with Gasteiger partial charge < -0.3 is 24.4 Å². The fourth-order valence-corrected chi connectivity index (χ4v) is 9.17. The van der Waals surface area contributed by atoms with Crippen molar-refractivity contribution in [3.63, 3.8) is 0 Å². The summed E-state index contributed by atoms with van der Waals surface area (Å²) in [6, 6.07) is 21.9. The molecule has 4 aliphatic heterocycles. The van der Waals surface area contributed by atoms with Crippen molar-refractivity contribution in [2.75, 3.05) is 45.8 Å². The minimum absolute atomic E-state index is 0.0284. The fraction of sp³-hybridized carbons (Fsp3) is 0.395. The molecule has 12 heteroatoms. The summed E-state index contributed by atoms with van der Waals surface area (Å²) in [7, 11) is 1.94. The number of fused-ring (bicyclic) bond motifs is 3. The highest BCUT2D eigenvalue weighted by Gasteiger charge is 2.51. The second kappa shape index (κ2) is 15.3. The maximum absolute atomic E-state index is 14.7. The Hall–Kier alpha value is -5.46. The number of aryl methyl sites for hydroxylation is 2. The number of aromatic hydroxyl groups is 1. The molecule has 4 amide bonds. The third-order valence-corrected chi connectivity index (χ3v) is 11.8. The number of carbonyl (C=O) groups is 4. The summed E-state index contributed by atoms with van der Waals surface area (Å²) >= 11 is 0. The lowest BCUT2D eigenvalue weighted by molar-refractivity contribution is -0.205. The number of hydrazine groups is 1. The number of piperazine rings is 2. The van der Waals surface area contributed by atoms with Crippen LogP contribution >= 0.6 is 0 Å². The number of hydrogen-bond donors (Lipinski definition) is 1. The highest BCUT2D eigenvalue weighted by Crippen LogP contribution is 2.33. The van der Waals surface area contributed by atoms with Crippen LogP contribution in [0.25, 0.3) is 10.9 Å². The number of benzene rings is 3. The largest absolute Gasteiger partial charge is 0.508 e. The molecule has 55 heavy (non-hydrogen) atoms. The fourth-order valence-electron chi connectivity index (χ4n) is 9.17. The predicted molar refractivity (Wildman–Crippen MR) is 208 cm³/mol. The topological polar surface area (TPSA) is 113 Å². The molecule has 4 aromatic rings. The van der Waals surface area contributed by atoms with Gasteiger partial charge in [-0.15, -0.1) is 6.58 Å². The van der Waals surface area contributed by atoms with Crippen LogP contribution in [0, 0.1) is 0 Å². The van der Waals surface area contributed by atoms with Crippen molar-refractivity contribution < 1.29 is 24.3 Å². The van der Waals surface area contributed by atoms with Crippen LogP contribution in [0.1, 0.15) is 46.3 Å². The number of hydrogen-bond acceptors (Lipinski definition) is 7. The van der Waals surface area contributed by atoms with Gasteiger partial charge in [0, 0.05) is 70.2 Å². The van der Waals surface area contributed by atoms with Gasteiger partial charge in [-0.25, -0.2) is 10.0 Å². The van der Waals surface area contributed by atoms with Crippen molar-refractivity contribution in [1.29, 1.82) is 0 Å². The van der Waals surface area contributed by atoms with E-state index in [1.165, 1.54) is 6.42 Å². The van der Waals surface area contributed by atoms with E-state index in [-0.39, 0.29) is 61.9 Å². The van der Waals surface area contributed by atoms with Gasteiger partial charge in [0.2, 0.25) is 17.7 Å². The smallest absolute Gasteiger partial charge is 0.256 e. The molecule has 0 saturated carbocycles. The Kier molecular flexibility index (Phi) is 10.2. The lowest BCUT2D eigenvalue weighted by Gasteiger charge is -2.55. The van der Waals surface area contributed by atoms with Gasteiger partial charge in [-0.3, -0.25) is 24.1 Å². The van der Waals surface area contributed by atoms with Crippen LogP contribution in [-0.4, -0.2) is 127 Å². The van der Waals surface area contributed by atoms with Crippen LogP contribution in [0.4, 0.5) is 0 Å². The van der Waals surface area contributed by atoms with E-state index in [1.807, 2.05) is 71.2 Å². The highest BCUT2D eigenvalue weighted by molar-refractivity contribution is 6.07. The molecule has 1 aromatic heterocycles. The van der Waals surface area contributed by atoms with E-state index in [1.54, 1.807) is 50.2 Å². The normalized spacial score (nSPS) is 21.9. The van der Waals surface area contributed by atoms with Gasteiger partial charge in [-0.2, -0.15) is 0 Å². The molecule has 12 nitrogen and oxygen atoms in total. The van der Waals surface area contributed by atoms with E-state index >= 15 is 0 Å². The number of para-hydroxylation sites is 1. The zero-order chi connectivity index (χ0) is 38.2. The summed E-state index contributed by atoms with van der Waals surface area (Å²) in [6.45, 7) is 7.91. The molecule has 8 rings (SSSR count). The first-order valence-corrected chi connectivity index (χ1v) is 19.4. The molecule has 0 spiro atoms. The molecule has 0 aliphatic carbocycles. The molecule has 4 saturated heterocycles. The van der Waals surface area contributed by atoms with Crippen LogP contribution in [0.5, 0.6) is 5.75 Å². The monoisotopic (exact) mass is 743 g/mol. The molecule has 1 unspecified atom stereocenters. The molecular weight excluding hydrogens is 695 g/mol. The van der Waals surface area contributed by atoms with Crippen LogP contribution in [0.3, 0.4) is 0 Å². The molecular formula is C43H49N7O5. The Morgan fingerprint density at radius 1 is 0.927 bits per heavy atom. The van der Waals surface area contributed by atoms with Gasteiger partial charge >= 0.3 is 0 Å². The first kappa shape index (κ1) is 36.5. The van der Waals surface area contributed by atoms with Gasteiger partial charge in [0.15, 0.2) is 0 Å². The zero-order valence-corrected chi connectivity index (χ0v) is 31.4. The Bertz CT molecular complexity index is 2100. The van der Waals surface area contributed by atoms with Crippen LogP contribution in [0.2, 0.25) is 0 Å². The number of nitrogens with zero attached hydrogens (tertiary/aromatic N) is 7. The standard InChI is InChI=1S/C43H49N7O5/c1-3-20-48-29-40(53)49-37(24-31-14-17-34(51)18-15-31)43(55)47(28-38(49)50(48)39(52)19-16-30-9-5-4-6-10-30)25-32-11-7-13-35-36(27-44(2)41(32)35)42(54)46-23-22-45-21-8-12-33(45)26-46/h3-7,9-11,13-15,17-18,27,33,37-38,51H,1,8,12,16,19-26,28-29H2,2H3/t33?,37-,38-/m0/s1. The van der Waals surface area contributed by atoms with Gasteiger partial charge in [0.25, 0.3) is 5.91 Å². The summed E-state index contributed by atoms with van der Waals surface area (Å²) in [5.41, 5.74) is 4.22. The third kappa shape index (κ3) is 7.12. The summed E-state index contributed by atoms with van der Waals surface area (Å²) in [6.07, 6.45) is 6.11. The summed E-state index contributed by atoms with van der Waals surface area (Å²) in [5.74, 6) is -0.458. The number of phenols is 1. The molecule has 4 fully saturated rings. The minimum Gasteiger partial charge on any atom is -0.508 e. The maximum atomic E-state index is 14.7. The predicted octanol–water partition coefficient (Wildman–Crippen LogP) is 3.79. The molecule has 5 heterocycles. The Labute approximate surface area is 321 Å². The lowest BCUT2D eigenvalue weighted by atomic mass is 9.97. The van der Waals surface area contributed by atoms with Crippen molar-refractivity contribution in [1.82, 2.24) is 34.2 Å². The summed E-state index contributed by atoms with van der Waals surface area (Å²) in [5, 5.41) is 14.3. The van der Waals surface area contributed by atoms with E-state index in [2.05, 4.69) is 11.5 Å².